The maximum Gasteiger partial charge on any atom is 0.264 e. The van der Waals surface area contributed by atoms with E-state index in [1.807, 2.05) is 13.8 Å². The Morgan fingerprint density at radius 3 is 2.07 bits per heavy atom. The number of hydrogen-bond donors (Lipinski definition) is 1. The fourth-order valence-corrected chi connectivity index (χ4v) is 6.22. The number of carbonyl (C=O) groups excluding carboxylic acids is 2. The van der Waals surface area contributed by atoms with Crippen molar-refractivity contribution >= 4 is 62.3 Å². The first kappa shape index (κ1) is 34.3. The first-order valence-electron chi connectivity index (χ1n) is 13.4. The largest absolute Gasteiger partial charge is 0.493 e. The van der Waals surface area contributed by atoms with Crippen LogP contribution in [0.1, 0.15) is 32.8 Å². The summed E-state index contributed by atoms with van der Waals surface area (Å²) in [7, 11) is -1.54. The molecule has 0 saturated carbocycles. The SMILES string of the molecule is CC[C@@H](C)NC(=O)[C@@H](C)N(Cc1c(Cl)cccc1Cl)C(=O)CN(c1ccc(Cl)cc1)S(=O)(=O)c1ccc(OC)c(OC)c1. The zero-order chi connectivity index (χ0) is 31.9. The van der Waals surface area contributed by atoms with E-state index >= 15 is 0 Å². The molecule has 1 N–H and O–H groups in total. The van der Waals surface area contributed by atoms with Crippen molar-refractivity contribution in [1.82, 2.24) is 10.2 Å². The van der Waals surface area contributed by atoms with E-state index in [1.54, 1.807) is 25.1 Å². The van der Waals surface area contributed by atoms with Gasteiger partial charge in [0.1, 0.15) is 12.6 Å². The number of carbonyl (C=O) groups is 2. The van der Waals surface area contributed by atoms with Gasteiger partial charge in [0.15, 0.2) is 11.5 Å². The fraction of sp³-hybridized carbons (Fsp3) is 0.333. The van der Waals surface area contributed by atoms with E-state index in [-0.39, 0.29) is 28.9 Å². The number of nitrogens with one attached hydrogen (secondary N) is 1. The van der Waals surface area contributed by atoms with Gasteiger partial charge in [0.2, 0.25) is 11.8 Å². The number of hydrogen-bond acceptors (Lipinski definition) is 6. The Balaban J connectivity index is 2.10. The Morgan fingerprint density at radius 1 is 0.907 bits per heavy atom. The van der Waals surface area contributed by atoms with Crippen molar-refractivity contribution in [3.05, 3.63) is 81.3 Å². The van der Waals surface area contributed by atoms with Gasteiger partial charge < -0.3 is 19.7 Å². The van der Waals surface area contributed by atoms with Crippen LogP contribution in [0, 0.1) is 0 Å². The standard InChI is InChI=1S/C30H34Cl3N3O6S/c1-6-19(2)34-30(38)20(3)35(17-24-25(32)8-7-9-26(24)33)29(37)18-36(22-12-10-21(31)11-13-22)43(39,40)23-14-15-27(41-4)28(16-23)42-5/h7-16,19-20H,6,17-18H2,1-5H3,(H,34,38)/t19-,20-/m1/s1. The van der Waals surface area contributed by atoms with Gasteiger partial charge in [-0.05, 0) is 68.8 Å². The van der Waals surface area contributed by atoms with Crippen LogP contribution in [0.5, 0.6) is 11.5 Å². The number of benzene rings is 3. The number of nitrogens with zero attached hydrogens (tertiary/aromatic N) is 2. The van der Waals surface area contributed by atoms with Crippen LogP contribution >= 0.6 is 34.8 Å². The van der Waals surface area contributed by atoms with Crippen LogP contribution in [-0.4, -0.2) is 58.0 Å². The van der Waals surface area contributed by atoms with Gasteiger partial charge in [0, 0.05) is 39.3 Å². The average molecular weight is 671 g/mol. The lowest BCUT2D eigenvalue weighted by atomic mass is 10.1. The van der Waals surface area contributed by atoms with E-state index in [1.165, 1.54) is 61.6 Å². The van der Waals surface area contributed by atoms with Crippen LogP contribution < -0.4 is 19.1 Å². The summed E-state index contributed by atoms with van der Waals surface area (Å²) in [5.41, 5.74) is 0.600. The van der Waals surface area contributed by atoms with Crippen molar-refractivity contribution in [2.24, 2.45) is 0 Å². The monoisotopic (exact) mass is 669 g/mol. The molecule has 0 aromatic heterocycles. The van der Waals surface area contributed by atoms with Crippen LogP contribution in [0.3, 0.4) is 0 Å². The number of ether oxygens (including phenoxy) is 2. The van der Waals surface area contributed by atoms with Crippen molar-refractivity contribution in [3.63, 3.8) is 0 Å². The van der Waals surface area contributed by atoms with Gasteiger partial charge in [-0.1, -0.05) is 47.8 Å². The number of amides is 2. The molecule has 0 unspecified atom stereocenters. The molecule has 0 aliphatic carbocycles. The molecule has 0 aliphatic rings. The molecule has 9 nitrogen and oxygen atoms in total. The summed E-state index contributed by atoms with van der Waals surface area (Å²) < 4.78 is 39.7. The van der Waals surface area contributed by atoms with E-state index in [0.717, 1.165) is 4.31 Å². The Hall–Kier alpha value is -3.18. The molecule has 43 heavy (non-hydrogen) atoms. The Bertz CT molecular complexity index is 1530. The third-order valence-electron chi connectivity index (χ3n) is 6.89. The minimum Gasteiger partial charge on any atom is -0.493 e. The lowest BCUT2D eigenvalue weighted by Crippen LogP contribution is -2.52. The Kier molecular flexibility index (Phi) is 12.0. The Morgan fingerprint density at radius 2 is 1.51 bits per heavy atom. The summed E-state index contributed by atoms with van der Waals surface area (Å²) in [5, 5.41) is 3.85. The van der Waals surface area contributed by atoms with Crippen LogP contribution in [-0.2, 0) is 26.2 Å². The van der Waals surface area contributed by atoms with Gasteiger partial charge >= 0.3 is 0 Å². The van der Waals surface area contributed by atoms with Crippen LogP contribution in [0.4, 0.5) is 5.69 Å². The fourth-order valence-electron chi connectivity index (χ4n) is 4.14. The predicted molar refractivity (Wildman–Crippen MR) is 170 cm³/mol. The van der Waals surface area contributed by atoms with E-state index in [9.17, 15) is 18.0 Å². The molecule has 0 heterocycles. The smallest absolute Gasteiger partial charge is 0.264 e. The van der Waals surface area contributed by atoms with Crippen molar-refractivity contribution in [2.75, 3.05) is 25.1 Å². The second-order valence-corrected chi connectivity index (χ2v) is 12.8. The molecule has 0 radical (unpaired) electrons. The van der Waals surface area contributed by atoms with Crippen LogP contribution in [0.2, 0.25) is 15.1 Å². The molecule has 0 spiro atoms. The van der Waals surface area contributed by atoms with Gasteiger partial charge in [0.25, 0.3) is 10.0 Å². The highest BCUT2D eigenvalue weighted by atomic mass is 35.5. The van der Waals surface area contributed by atoms with Crippen molar-refractivity contribution in [1.29, 1.82) is 0 Å². The van der Waals surface area contributed by atoms with E-state index in [4.69, 9.17) is 44.3 Å². The molecule has 3 rings (SSSR count). The topological polar surface area (TPSA) is 105 Å². The van der Waals surface area contributed by atoms with Crippen molar-refractivity contribution in [2.45, 2.75) is 50.7 Å². The molecule has 0 fully saturated rings. The van der Waals surface area contributed by atoms with E-state index in [2.05, 4.69) is 5.32 Å². The first-order valence-corrected chi connectivity index (χ1v) is 15.9. The maximum absolute atomic E-state index is 14.1. The van der Waals surface area contributed by atoms with Gasteiger partial charge in [-0.2, -0.15) is 0 Å². The number of anilines is 1. The summed E-state index contributed by atoms with van der Waals surface area (Å²) in [6.07, 6.45) is 0.677. The number of methoxy groups -OCH3 is 2. The zero-order valence-corrected chi connectivity index (χ0v) is 27.5. The molecule has 3 aromatic carbocycles. The molecule has 13 heteroatoms. The van der Waals surface area contributed by atoms with Gasteiger partial charge in [0.05, 0.1) is 24.8 Å². The minimum absolute atomic E-state index is 0.142. The predicted octanol–water partition coefficient (Wildman–Crippen LogP) is 6.19. The molecular formula is C30H34Cl3N3O6S. The van der Waals surface area contributed by atoms with Gasteiger partial charge in [-0.25, -0.2) is 8.42 Å². The zero-order valence-electron chi connectivity index (χ0n) is 24.4. The molecule has 2 atom stereocenters. The lowest BCUT2D eigenvalue weighted by Gasteiger charge is -2.33. The number of sulfonamides is 1. The molecule has 3 aromatic rings. The third-order valence-corrected chi connectivity index (χ3v) is 9.62. The summed E-state index contributed by atoms with van der Waals surface area (Å²) in [6, 6.07) is 13.9. The minimum atomic E-state index is -4.36. The van der Waals surface area contributed by atoms with E-state index < -0.39 is 34.4 Å². The quantitative estimate of drug-likeness (QED) is 0.233. The molecule has 0 saturated heterocycles. The van der Waals surface area contributed by atoms with Crippen molar-refractivity contribution < 1.29 is 27.5 Å². The summed E-state index contributed by atoms with van der Waals surface area (Å²) >= 11 is 18.9. The summed E-state index contributed by atoms with van der Waals surface area (Å²) in [5.74, 6) is -0.552. The average Bonchev–Trinajstić information content (AvgIpc) is 2.99. The van der Waals surface area contributed by atoms with Crippen LogP contribution in [0.15, 0.2) is 65.6 Å². The van der Waals surface area contributed by atoms with Gasteiger partial charge in [-0.3, -0.25) is 13.9 Å². The molecule has 0 aliphatic heterocycles. The molecule has 0 bridgehead atoms. The normalized spacial score (nSPS) is 12.7. The second kappa shape index (κ2) is 15.0. The Labute approximate surface area is 267 Å². The molecular weight excluding hydrogens is 637 g/mol. The van der Waals surface area contributed by atoms with Crippen LogP contribution in [0.25, 0.3) is 0 Å². The number of halogens is 3. The highest BCUT2D eigenvalue weighted by molar-refractivity contribution is 7.92. The third kappa shape index (κ3) is 8.26. The van der Waals surface area contributed by atoms with E-state index in [0.29, 0.717) is 32.8 Å². The first-order chi connectivity index (χ1) is 20.3. The summed E-state index contributed by atoms with van der Waals surface area (Å²) in [6.45, 7) is 4.54. The highest BCUT2D eigenvalue weighted by Crippen LogP contribution is 2.33. The number of rotatable bonds is 13. The second-order valence-electron chi connectivity index (χ2n) is 9.72. The van der Waals surface area contributed by atoms with Crippen molar-refractivity contribution in [3.8, 4) is 11.5 Å². The summed E-state index contributed by atoms with van der Waals surface area (Å²) in [4.78, 5) is 28.4. The molecule has 232 valence electrons. The maximum atomic E-state index is 14.1. The lowest BCUT2D eigenvalue weighted by molar-refractivity contribution is -0.139. The molecule has 2 amide bonds. The van der Waals surface area contributed by atoms with Gasteiger partial charge in [-0.15, -0.1) is 0 Å². The highest BCUT2D eigenvalue weighted by Gasteiger charge is 2.34.